The van der Waals surface area contributed by atoms with E-state index >= 15 is 0 Å². The molecular formula is C69H126O6. The molecule has 0 amide bonds. The van der Waals surface area contributed by atoms with E-state index in [1.54, 1.807) is 0 Å². The van der Waals surface area contributed by atoms with Crippen molar-refractivity contribution in [3.8, 4) is 0 Å². The summed E-state index contributed by atoms with van der Waals surface area (Å²) in [7, 11) is 0. The quantitative estimate of drug-likeness (QED) is 0.0261. The van der Waals surface area contributed by atoms with Crippen molar-refractivity contribution < 1.29 is 28.6 Å². The maximum atomic E-state index is 12.9. The van der Waals surface area contributed by atoms with Gasteiger partial charge in [0.1, 0.15) is 13.2 Å². The Bertz CT molecular complexity index is 1300. The van der Waals surface area contributed by atoms with E-state index in [2.05, 4.69) is 69.4 Å². The number of unbranched alkanes of at least 4 members (excludes halogenated alkanes) is 42. The summed E-state index contributed by atoms with van der Waals surface area (Å²) in [6.45, 7) is 6.63. The van der Waals surface area contributed by atoms with Crippen molar-refractivity contribution in [3.63, 3.8) is 0 Å². The molecule has 0 aromatic carbocycles. The van der Waals surface area contributed by atoms with Gasteiger partial charge in [0.15, 0.2) is 6.10 Å². The van der Waals surface area contributed by atoms with E-state index in [9.17, 15) is 14.4 Å². The molecule has 0 aromatic rings. The summed E-state index contributed by atoms with van der Waals surface area (Å²) in [5, 5.41) is 0. The topological polar surface area (TPSA) is 78.9 Å². The van der Waals surface area contributed by atoms with Crippen LogP contribution in [-0.2, 0) is 28.6 Å². The molecule has 1 unspecified atom stereocenters. The molecule has 0 fully saturated rings. The Morgan fingerprint density at radius 2 is 0.480 bits per heavy atom. The second-order valence-electron chi connectivity index (χ2n) is 22.4. The number of hydrogen-bond donors (Lipinski definition) is 0. The third-order valence-electron chi connectivity index (χ3n) is 14.8. The highest BCUT2D eigenvalue weighted by atomic mass is 16.6. The normalized spacial score (nSPS) is 12.3. The summed E-state index contributed by atoms with van der Waals surface area (Å²) in [6.07, 6.45) is 79.8. The van der Waals surface area contributed by atoms with Crippen LogP contribution in [0.1, 0.15) is 355 Å². The van der Waals surface area contributed by atoms with E-state index < -0.39 is 6.10 Å². The highest BCUT2D eigenvalue weighted by Gasteiger charge is 2.19. The van der Waals surface area contributed by atoms with Gasteiger partial charge in [-0.1, -0.05) is 301 Å². The van der Waals surface area contributed by atoms with E-state index in [1.165, 1.54) is 231 Å². The van der Waals surface area contributed by atoms with Crippen LogP contribution in [0.25, 0.3) is 0 Å². The second kappa shape index (κ2) is 63.9. The molecule has 0 aliphatic rings. The fourth-order valence-electron chi connectivity index (χ4n) is 9.80. The van der Waals surface area contributed by atoms with E-state index in [-0.39, 0.29) is 31.1 Å². The predicted molar refractivity (Wildman–Crippen MR) is 325 cm³/mol. The Kier molecular flexibility index (Phi) is 61.7. The van der Waals surface area contributed by atoms with E-state index in [4.69, 9.17) is 14.2 Å². The zero-order valence-corrected chi connectivity index (χ0v) is 50.3. The lowest BCUT2D eigenvalue weighted by atomic mass is 10.0. The van der Waals surface area contributed by atoms with E-state index in [0.717, 1.165) is 83.5 Å². The summed E-state index contributed by atoms with van der Waals surface area (Å²) in [5.74, 6) is -0.872. The molecular weight excluding hydrogens is 925 g/mol. The molecule has 75 heavy (non-hydrogen) atoms. The third kappa shape index (κ3) is 62.1. The molecule has 0 bridgehead atoms. The number of ether oxygens (including phenoxy) is 3. The predicted octanol–water partition coefficient (Wildman–Crippen LogP) is 22.6. The molecule has 0 saturated carbocycles. The Labute approximate surface area is 467 Å². The molecule has 0 aliphatic carbocycles. The first-order valence-corrected chi connectivity index (χ1v) is 33.1. The summed E-state index contributed by atoms with van der Waals surface area (Å²) in [6, 6.07) is 0. The van der Waals surface area contributed by atoms with Crippen molar-refractivity contribution in [1.29, 1.82) is 0 Å². The second-order valence-corrected chi connectivity index (χ2v) is 22.4. The van der Waals surface area contributed by atoms with Crippen LogP contribution >= 0.6 is 0 Å². The minimum Gasteiger partial charge on any atom is -0.462 e. The van der Waals surface area contributed by atoms with Crippen molar-refractivity contribution in [2.75, 3.05) is 13.2 Å². The average Bonchev–Trinajstić information content (AvgIpc) is 3.41. The fraction of sp³-hybridized carbons (Fsp3) is 0.841. The van der Waals surface area contributed by atoms with Crippen LogP contribution in [0.15, 0.2) is 48.6 Å². The van der Waals surface area contributed by atoms with Crippen LogP contribution in [0.2, 0.25) is 0 Å². The van der Waals surface area contributed by atoms with Gasteiger partial charge in [0.25, 0.3) is 0 Å². The smallest absolute Gasteiger partial charge is 0.306 e. The van der Waals surface area contributed by atoms with Gasteiger partial charge in [0.2, 0.25) is 0 Å². The lowest BCUT2D eigenvalue weighted by molar-refractivity contribution is -0.167. The molecule has 1 atom stereocenters. The zero-order valence-electron chi connectivity index (χ0n) is 50.3. The van der Waals surface area contributed by atoms with Gasteiger partial charge in [0, 0.05) is 19.3 Å². The van der Waals surface area contributed by atoms with Gasteiger partial charge in [-0.2, -0.15) is 0 Å². The monoisotopic (exact) mass is 1050 g/mol. The minimum absolute atomic E-state index is 0.0757. The summed E-state index contributed by atoms with van der Waals surface area (Å²) in [4.78, 5) is 38.4. The maximum Gasteiger partial charge on any atom is 0.306 e. The fourth-order valence-corrected chi connectivity index (χ4v) is 9.80. The lowest BCUT2D eigenvalue weighted by Gasteiger charge is -2.18. The van der Waals surface area contributed by atoms with Gasteiger partial charge in [-0.05, 0) is 83.5 Å². The number of esters is 3. The van der Waals surface area contributed by atoms with Crippen LogP contribution < -0.4 is 0 Å². The van der Waals surface area contributed by atoms with Crippen molar-refractivity contribution in [3.05, 3.63) is 48.6 Å². The summed E-state index contributed by atoms with van der Waals surface area (Å²) in [5.41, 5.74) is 0. The Balaban J connectivity index is 4.31. The maximum absolute atomic E-state index is 12.9. The van der Waals surface area contributed by atoms with Crippen molar-refractivity contribution in [2.24, 2.45) is 0 Å². The Morgan fingerprint density at radius 3 is 0.760 bits per heavy atom. The standard InChI is InChI=1S/C69H126O6/c1-4-7-10-13-16-19-22-25-28-30-32-33-34-35-37-38-41-44-47-50-53-56-59-62-68(71)74-65-66(64-73-67(70)61-58-55-52-49-46-43-40-27-24-21-18-15-12-9-6-3)75-69(72)63-60-57-54-51-48-45-42-39-36-31-29-26-23-20-17-14-11-8-5-2/h17-18,20-21,26-27,29,40,66H,4-16,19,22-25,28,30-39,41-65H2,1-3H3/b20-17-,21-18-,29-26-,40-27-. The molecule has 0 radical (unpaired) electrons. The molecule has 0 aromatic heterocycles. The first-order valence-electron chi connectivity index (χ1n) is 33.1. The Hall–Kier alpha value is -2.63. The lowest BCUT2D eigenvalue weighted by Crippen LogP contribution is -2.30. The number of allylic oxidation sites excluding steroid dienone is 8. The van der Waals surface area contributed by atoms with Crippen molar-refractivity contribution in [1.82, 2.24) is 0 Å². The first kappa shape index (κ1) is 72.4. The van der Waals surface area contributed by atoms with Gasteiger partial charge in [0.05, 0.1) is 0 Å². The van der Waals surface area contributed by atoms with Crippen LogP contribution in [0.4, 0.5) is 0 Å². The molecule has 6 nitrogen and oxygen atoms in total. The van der Waals surface area contributed by atoms with E-state index in [1.807, 2.05) is 0 Å². The SMILES string of the molecule is CCCCC/C=C\C/C=C\CCCCCCCCCCCC(=O)OC(COC(=O)CCCCCCC/C=C\C/C=C\CCCCC)COC(=O)CCCCCCCCCCCCCCCCCCCCCCCCC. The molecule has 0 heterocycles. The van der Waals surface area contributed by atoms with Crippen LogP contribution in [0.5, 0.6) is 0 Å². The summed E-state index contributed by atoms with van der Waals surface area (Å²) >= 11 is 0. The van der Waals surface area contributed by atoms with Crippen LogP contribution in [0, 0.1) is 0 Å². The molecule has 0 rings (SSSR count). The van der Waals surface area contributed by atoms with Gasteiger partial charge in [-0.15, -0.1) is 0 Å². The van der Waals surface area contributed by atoms with Gasteiger partial charge in [-0.25, -0.2) is 0 Å². The molecule has 0 N–H and O–H groups in total. The van der Waals surface area contributed by atoms with Crippen LogP contribution in [-0.4, -0.2) is 37.2 Å². The number of rotatable bonds is 61. The molecule has 0 aliphatic heterocycles. The largest absolute Gasteiger partial charge is 0.462 e. The Morgan fingerprint density at radius 1 is 0.267 bits per heavy atom. The number of carbonyl (C=O) groups excluding carboxylic acids is 3. The molecule has 0 spiro atoms. The molecule has 6 heteroatoms. The first-order chi connectivity index (χ1) is 37.0. The average molecular weight is 1050 g/mol. The molecule has 0 saturated heterocycles. The third-order valence-corrected chi connectivity index (χ3v) is 14.8. The van der Waals surface area contributed by atoms with Crippen molar-refractivity contribution >= 4 is 17.9 Å². The highest BCUT2D eigenvalue weighted by molar-refractivity contribution is 5.71. The van der Waals surface area contributed by atoms with Gasteiger partial charge in [-0.3, -0.25) is 14.4 Å². The molecule has 438 valence electrons. The highest BCUT2D eigenvalue weighted by Crippen LogP contribution is 2.18. The van der Waals surface area contributed by atoms with Gasteiger partial charge < -0.3 is 14.2 Å². The minimum atomic E-state index is -0.781. The van der Waals surface area contributed by atoms with E-state index in [0.29, 0.717) is 19.3 Å². The summed E-state index contributed by atoms with van der Waals surface area (Å²) < 4.78 is 17.0. The van der Waals surface area contributed by atoms with Crippen LogP contribution in [0.3, 0.4) is 0 Å². The van der Waals surface area contributed by atoms with Crippen molar-refractivity contribution in [2.45, 2.75) is 361 Å². The van der Waals surface area contributed by atoms with Gasteiger partial charge >= 0.3 is 17.9 Å². The zero-order chi connectivity index (χ0) is 54.3. The number of hydrogen-bond acceptors (Lipinski definition) is 6. The number of carbonyl (C=O) groups is 3.